The van der Waals surface area contributed by atoms with Crippen molar-refractivity contribution >= 4 is 5.91 Å². The maximum absolute atomic E-state index is 13.3. The lowest BCUT2D eigenvalue weighted by atomic mass is 9.80. The minimum Gasteiger partial charge on any atom is -0.454 e. The number of fused-ring (bicyclic) bond motifs is 3. The fourth-order valence-electron chi connectivity index (χ4n) is 5.20. The standard InChI is InChI=1S/C24H28N2O5/c1-23(2,3)20-9-7-17(21(27)25-20)22(28)26-15-5-6-16(26)12-24(29,11-15)14-4-8-18-19(10-14)31-13-30-18/h4,7-10,15-16,29H,5-6,11-13H2,1-3H3,(H,25,27)/t15-,16-/m1/s1. The highest BCUT2D eigenvalue weighted by atomic mass is 16.7. The van der Waals surface area contributed by atoms with E-state index in [0.29, 0.717) is 24.3 Å². The molecule has 1 aromatic carbocycles. The van der Waals surface area contributed by atoms with Gasteiger partial charge >= 0.3 is 0 Å². The molecule has 0 radical (unpaired) electrons. The summed E-state index contributed by atoms with van der Waals surface area (Å²) in [5, 5.41) is 11.5. The number of rotatable bonds is 2. The summed E-state index contributed by atoms with van der Waals surface area (Å²) < 4.78 is 10.8. The van der Waals surface area contributed by atoms with Gasteiger partial charge in [-0.15, -0.1) is 0 Å². The quantitative estimate of drug-likeness (QED) is 0.773. The summed E-state index contributed by atoms with van der Waals surface area (Å²) in [4.78, 5) is 30.7. The predicted molar refractivity (Wildman–Crippen MR) is 114 cm³/mol. The average Bonchev–Trinajstić information content (AvgIpc) is 3.29. The van der Waals surface area contributed by atoms with Gasteiger partial charge in [0, 0.05) is 36.0 Å². The molecule has 3 aliphatic rings. The van der Waals surface area contributed by atoms with Crippen molar-refractivity contribution in [2.45, 2.75) is 69.6 Å². The molecule has 5 rings (SSSR count). The van der Waals surface area contributed by atoms with E-state index in [4.69, 9.17) is 9.47 Å². The first kappa shape index (κ1) is 20.1. The monoisotopic (exact) mass is 424 g/mol. The molecular weight excluding hydrogens is 396 g/mol. The summed E-state index contributed by atoms with van der Waals surface area (Å²) in [6, 6.07) is 8.79. The number of pyridine rings is 1. The molecule has 3 aliphatic heterocycles. The Bertz CT molecular complexity index is 1090. The van der Waals surface area contributed by atoms with Crippen molar-refractivity contribution in [2.75, 3.05) is 6.79 Å². The van der Waals surface area contributed by atoms with Crippen LogP contribution in [0, 0.1) is 0 Å². The van der Waals surface area contributed by atoms with Crippen LogP contribution >= 0.6 is 0 Å². The van der Waals surface area contributed by atoms with Gasteiger partial charge in [-0.3, -0.25) is 9.59 Å². The number of nitrogens with zero attached hydrogens (tertiary/aromatic N) is 1. The van der Waals surface area contributed by atoms with Crippen LogP contribution in [0.25, 0.3) is 0 Å². The molecule has 2 aromatic rings. The van der Waals surface area contributed by atoms with Crippen LogP contribution in [0.1, 0.15) is 68.1 Å². The summed E-state index contributed by atoms with van der Waals surface area (Å²) >= 11 is 0. The Morgan fingerprint density at radius 3 is 2.42 bits per heavy atom. The highest BCUT2D eigenvalue weighted by molar-refractivity contribution is 5.94. The molecule has 31 heavy (non-hydrogen) atoms. The molecule has 4 heterocycles. The van der Waals surface area contributed by atoms with Gasteiger partial charge in [-0.1, -0.05) is 26.8 Å². The Hall–Kier alpha value is -2.80. The predicted octanol–water partition coefficient (Wildman–Crippen LogP) is 3.06. The van der Waals surface area contributed by atoms with Gasteiger partial charge in [0.25, 0.3) is 11.5 Å². The van der Waals surface area contributed by atoms with Crippen molar-refractivity contribution < 1.29 is 19.4 Å². The molecule has 2 bridgehead atoms. The minimum atomic E-state index is -1.04. The molecule has 7 nitrogen and oxygen atoms in total. The van der Waals surface area contributed by atoms with Gasteiger partial charge < -0.3 is 24.5 Å². The topological polar surface area (TPSA) is 91.9 Å². The summed E-state index contributed by atoms with van der Waals surface area (Å²) in [7, 11) is 0. The van der Waals surface area contributed by atoms with Gasteiger partial charge in [-0.05, 0) is 42.7 Å². The number of benzene rings is 1. The third-order valence-electron chi connectivity index (χ3n) is 6.86. The Balaban J connectivity index is 1.40. The van der Waals surface area contributed by atoms with E-state index >= 15 is 0 Å². The number of hydrogen-bond donors (Lipinski definition) is 2. The molecule has 0 unspecified atom stereocenters. The van der Waals surface area contributed by atoms with Crippen molar-refractivity contribution in [1.82, 2.24) is 9.88 Å². The first-order valence-electron chi connectivity index (χ1n) is 10.8. The van der Waals surface area contributed by atoms with Gasteiger partial charge in [0.15, 0.2) is 11.5 Å². The van der Waals surface area contributed by atoms with Crippen LogP contribution < -0.4 is 15.0 Å². The Morgan fingerprint density at radius 1 is 1.10 bits per heavy atom. The van der Waals surface area contributed by atoms with E-state index < -0.39 is 5.60 Å². The third-order valence-corrected chi connectivity index (χ3v) is 6.86. The van der Waals surface area contributed by atoms with E-state index in [1.54, 1.807) is 6.07 Å². The molecule has 0 saturated carbocycles. The van der Waals surface area contributed by atoms with Crippen LogP contribution in [0.5, 0.6) is 11.5 Å². The normalized spacial score (nSPS) is 26.9. The number of aromatic nitrogens is 1. The molecule has 164 valence electrons. The Kier molecular flexibility index (Phi) is 4.45. The van der Waals surface area contributed by atoms with E-state index in [0.717, 1.165) is 24.1 Å². The summed E-state index contributed by atoms with van der Waals surface area (Å²) in [5.74, 6) is 1.07. The van der Waals surface area contributed by atoms with Gasteiger partial charge in [-0.25, -0.2) is 0 Å². The number of nitrogens with one attached hydrogen (secondary N) is 1. The molecule has 2 fully saturated rings. The SMILES string of the molecule is CC(C)(C)c1ccc(C(=O)N2[C@@H]3CC[C@@H]2CC(O)(c2ccc4c(c2)OCO4)C3)c(=O)[nH]1. The maximum Gasteiger partial charge on any atom is 0.261 e. The molecule has 1 aromatic heterocycles. The van der Waals surface area contributed by atoms with Crippen LogP contribution in [-0.4, -0.2) is 39.8 Å². The lowest BCUT2D eigenvalue weighted by Gasteiger charge is -2.44. The minimum absolute atomic E-state index is 0.108. The van der Waals surface area contributed by atoms with Crippen LogP contribution in [0.2, 0.25) is 0 Å². The second-order valence-corrected chi connectivity index (χ2v) is 9.97. The average molecular weight is 424 g/mol. The summed E-state index contributed by atoms with van der Waals surface area (Å²) in [6.45, 7) is 6.23. The zero-order valence-electron chi connectivity index (χ0n) is 18.1. The van der Waals surface area contributed by atoms with E-state index in [9.17, 15) is 14.7 Å². The highest BCUT2D eigenvalue weighted by Crippen LogP contribution is 2.47. The Labute approximate surface area is 181 Å². The van der Waals surface area contributed by atoms with E-state index in [-0.39, 0.29) is 41.3 Å². The van der Waals surface area contributed by atoms with E-state index in [1.807, 2.05) is 49.9 Å². The van der Waals surface area contributed by atoms with Crippen molar-refractivity contribution in [3.63, 3.8) is 0 Å². The first-order chi connectivity index (χ1) is 14.7. The fraction of sp³-hybridized carbons (Fsp3) is 0.500. The maximum atomic E-state index is 13.3. The number of aliphatic hydroxyl groups is 1. The second kappa shape index (κ2) is 6.85. The number of carbonyl (C=O) groups is 1. The van der Waals surface area contributed by atoms with Crippen LogP contribution in [0.3, 0.4) is 0 Å². The van der Waals surface area contributed by atoms with Crippen LogP contribution in [0.15, 0.2) is 35.1 Å². The number of ether oxygens (including phenoxy) is 2. The first-order valence-corrected chi connectivity index (χ1v) is 10.8. The van der Waals surface area contributed by atoms with Gasteiger partial charge in [0.05, 0.1) is 5.60 Å². The van der Waals surface area contributed by atoms with Gasteiger partial charge in [0.2, 0.25) is 6.79 Å². The van der Waals surface area contributed by atoms with Crippen molar-refractivity contribution in [2.24, 2.45) is 0 Å². The fourth-order valence-corrected chi connectivity index (χ4v) is 5.20. The molecular formula is C24H28N2O5. The number of aromatic amines is 1. The number of amides is 1. The Morgan fingerprint density at radius 2 is 1.77 bits per heavy atom. The van der Waals surface area contributed by atoms with Crippen LogP contribution in [-0.2, 0) is 11.0 Å². The number of piperidine rings is 1. The van der Waals surface area contributed by atoms with Crippen molar-refractivity contribution in [3.05, 3.63) is 57.5 Å². The second-order valence-electron chi connectivity index (χ2n) is 9.97. The smallest absolute Gasteiger partial charge is 0.261 e. The zero-order valence-corrected chi connectivity index (χ0v) is 18.1. The molecule has 2 N–H and O–H groups in total. The summed E-state index contributed by atoms with van der Waals surface area (Å²) in [5.41, 5.74) is 0.158. The van der Waals surface area contributed by atoms with Gasteiger partial charge in [-0.2, -0.15) is 0 Å². The number of carbonyl (C=O) groups excluding carboxylic acids is 1. The number of H-pyrrole nitrogens is 1. The van der Waals surface area contributed by atoms with E-state index in [1.165, 1.54) is 0 Å². The third kappa shape index (κ3) is 3.31. The molecule has 0 spiro atoms. The van der Waals surface area contributed by atoms with E-state index in [2.05, 4.69) is 4.98 Å². The van der Waals surface area contributed by atoms with Crippen molar-refractivity contribution in [3.8, 4) is 11.5 Å². The van der Waals surface area contributed by atoms with Crippen LogP contribution in [0.4, 0.5) is 0 Å². The highest BCUT2D eigenvalue weighted by Gasteiger charge is 2.50. The largest absolute Gasteiger partial charge is 0.454 e. The molecule has 2 atom stereocenters. The summed E-state index contributed by atoms with van der Waals surface area (Å²) in [6.07, 6.45) is 2.52. The lowest BCUT2D eigenvalue weighted by molar-refractivity contribution is -0.0480. The van der Waals surface area contributed by atoms with Crippen molar-refractivity contribution in [1.29, 1.82) is 0 Å². The molecule has 1 amide bonds. The molecule has 2 saturated heterocycles. The number of hydrogen-bond acceptors (Lipinski definition) is 5. The van der Waals surface area contributed by atoms with Gasteiger partial charge in [0.1, 0.15) is 5.56 Å². The molecule has 7 heteroatoms. The lowest BCUT2D eigenvalue weighted by Crippen LogP contribution is -2.52. The molecule has 0 aliphatic carbocycles. The zero-order chi connectivity index (χ0) is 22.0.